The molecule has 1 aromatic rings. The summed E-state index contributed by atoms with van der Waals surface area (Å²) in [5.74, 6) is 0.351. The van der Waals surface area contributed by atoms with Crippen molar-refractivity contribution in [2.24, 2.45) is 10.7 Å². The smallest absolute Gasteiger partial charge is 0.390 e. The van der Waals surface area contributed by atoms with E-state index < -0.39 is 76.3 Å². The third kappa shape index (κ3) is 7.33. The van der Waals surface area contributed by atoms with Gasteiger partial charge in [0.2, 0.25) is 5.91 Å². The van der Waals surface area contributed by atoms with Gasteiger partial charge in [-0.15, -0.1) is 0 Å². The normalized spacial score (nSPS) is 35.6. The number of piperazine rings is 1. The van der Waals surface area contributed by atoms with Gasteiger partial charge < -0.3 is 60.3 Å². The number of rotatable bonds is 11. The molecule has 18 nitrogen and oxygen atoms in total. The number of aliphatic hydroxyl groups excluding tert-OH is 5. The van der Waals surface area contributed by atoms with E-state index in [0.717, 1.165) is 5.69 Å². The molecule has 0 aromatic heterocycles. The Kier molecular flexibility index (Phi) is 10.2. The molecule has 252 valence electrons. The lowest BCUT2D eigenvalue weighted by molar-refractivity contribution is -0.192. The Morgan fingerprint density at radius 2 is 1.80 bits per heavy atom. The standard InChI is InChI=1S/C26H41N6O12P/c1-11-18-12(2)31(10-32(18)19-23(28-11)29-26(27)30-24(19)38)14-5-3-13(4-6-14)7-15(33)20(35)16(34)8-42-25-22(37)21(36)17(44-25)9-43-45(39,40)41/h3-6,11-12,15-22,25-26,33-37H,7-10,27H2,1-2H3,(H,28,29)(H,30,38)(H2,39,40,41)/t11-,12+,15-,16?,17+,18+,19?,20-,21+,22+,25-,26?/m0/s1. The summed E-state index contributed by atoms with van der Waals surface area (Å²) in [6.07, 6.45) is -11.4. The van der Waals surface area contributed by atoms with Crippen molar-refractivity contribution in [2.75, 3.05) is 24.8 Å². The van der Waals surface area contributed by atoms with Gasteiger partial charge >= 0.3 is 7.82 Å². The number of carbonyl (C=O) groups excluding carboxylic acids is 1. The molecular formula is C26H41N6O12P. The van der Waals surface area contributed by atoms with Gasteiger partial charge in [0.25, 0.3) is 0 Å². The van der Waals surface area contributed by atoms with E-state index in [4.69, 9.17) is 25.0 Å². The Bertz CT molecular complexity index is 1290. The highest BCUT2D eigenvalue weighted by molar-refractivity contribution is 7.46. The monoisotopic (exact) mass is 660 g/mol. The number of hydrogen-bond acceptors (Lipinski definition) is 15. The third-order valence-electron chi connectivity index (χ3n) is 8.64. The molecular weight excluding hydrogens is 619 g/mol. The van der Waals surface area contributed by atoms with Gasteiger partial charge in [0.1, 0.15) is 42.4 Å². The van der Waals surface area contributed by atoms with E-state index >= 15 is 0 Å². The van der Waals surface area contributed by atoms with Crippen molar-refractivity contribution in [1.82, 2.24) is 15.5 Å². The second kappa shape index (κ2) is 13.4. The van der Waals surface area contributed by atoms with Crippen LogP contribution in [0.2, 0.25) is 0 Å². The molecule has 4 aliphatic heterocycles. The Hall–Kier alpha value is -2.29. The van der Waals surface area contributed by atoms with Crippen LogP contribution in [-0.4, -0.2) is 145 Å². The van der Waals surface area contributed by atoms with Crippen LogP contribution in [0.3, 0.4) is 0 Å². The zero-order valence-corrected chi connectivity index (χ0v) is 25.5. The van der Waals surface area contributed by atoms with E-state index in [-0.39, 0.29) is 30.5 Å². The molecule has 3 fully saturated rings. The van der Waals surface area contributed by atoms with Crippen LogP contribution < -0.4 is 21.3 Å². The fraction of sp³-hybridized carbons (Fsp3) is 0.692. The summed E-state index contributed by atoms with van der Waals surface area (Å²) in [6.45, 7) is 3.29. The predicted molar refractivity (Wildman–Crippen MR) is 155 cm³/mol. The van der Waals surface area contributed by atoms with E-state index in [9.17, 15) is 34.9 Å². The first-order valence-electron chi connectivity index (χ1n) is 14.5. The van der Waals surface area contributed by atoms with E-state index in [0.29, 0.717) is 18.1 Å². The van der Waals surface area contributed by atoms with Crippen LogP contribution in [0, 0.1) is 0 Å². The number of ether oxygens (including phenoxy) is 2. The number of carbonyl (C=O) groups is 1. The minimum absolute atomic E-state index is 0.00482. The van der Waals surface area contributed by atoms with Gasteiger partial charge in [-0.3, -0.25) is 20.0 Å². The zero-order chi connectivity index (χ0) is 32.8. The first-order valence-corrected chi connectivity index (χ1v) is 16.1. The molecule has 0 radical (unpaired) electrons. The molecule has 0 aliphatic carbocycles. The number of nitrogens with one attached hydrogen (secondary N) is 2. The molecule has 0 saturated carbocycles. The Balaban J connectivity index is 1.14. The number of phosphoric ester groups is 1. The van der Waals surface area contributed by atoms with Crippen LogP contribution in [-0.2, 0) is 29.8 Å². The summed E-state index contributed by atoms with van der Waals surface area (Å²) in [4.78, 5) is 39.1. The molecule has 1 aromatic carbocycles. The summed E-state index contributed by atoms with van der Waals surface area (Å²) in [7, 11) is -4.84. The molecule has 11 N–H and O–H groups in total. The molecule has 1 amide bonds. The number of fused-ring (bicyclic) bond motifs is 3. The van der Waals surface area contributed by atoms with E-state index in [1.54, 1.807) is 12.1 Å². The van der Waals surface area contributed by atoms with Gasteiger partial charge in [0.15, 0.2) is 12.6 Å². The average Bonchev–Trinajstić information content (AvgIpc) is 3.45. The van der Waals surface area contributed by atoms with Crippen molar-refractivity contribution in [3.8, 4) is 0 Å². The number of aliphatic hydroxyl groups is 5. The van der Waals surface area contributed by atoms with Crippen LogP contribution in [0.4, 0.5) is 5.69 Å². The molecule has 3 saturated heterocycles. The number of nitrogens with zero attached hydrogens (tertiary/aromatic N) is 3. The first-order chi connectivity index (χ1) is 21.1. The predicted octanol–water partition coefficient (Wildman–Crippen LogP) is -4.15. The average molecular weight is 661 g/mol. The maximum absolute atomic E-state index is 12.8. The van der Waals surface area contributed by atoms with Crippen LogP contribution >= 0.6 is 7.82 Å². The van der Waals surface area contributed by atoms with Crippen LogP contribution in [0.1, 0.15) is 19.4 Å². The second-order valence-electron chi connectivity index (χ2n) is 11.8. The fourth-order valence-electron chi connectivity index (χ4n) is 6.37. The van der Waals surface area contributed by atoms with Crippen LogP contribution in [0.25, 0.3) is 0 Å². The Morgan fingerprint density at radius 1 is 1.11 bits per heavy atom. The molecule has 12 atom stereocenters. The number of nitrogens with two attached hydrogens (primary N) is 1. The van der Waals surface area contributed by atoms with Crippen LogP contribution in [0.5, 0.6) is 0 Å². The van der Waals surface area contributed by atoms with E-state index in [1.165, 1.54) is 0 Å². The topological polar surface area (TPSA) is 272 Å². The molecule has 45 heavy (non-hydrogen) atoms. The van der Waals surface area contributed by atoms with E-state index in [1.807, 2.05) is 19.1 Å². The number of aliphatic imine (C=N–C) groups is 1. The van der Waals surface area contributed by atoms with Gasteiger partial charge in [-0.1, -0.05) is 12.1 Å². The SMILES string of the molecule is C[C@@H]1NC2=NC(N)NC(=O)C2N2CN(c3ccc(C[C@H](O)[C@H](O)C(O)CO[C@H]4O[C@H](COP(=O)(O)O)[C@@H](O)[C@H]4O)cc3)[C@H](C)[C@@H]12. The number of benzene rings is 1. The summed E-state index contributed by atoms with van der Waals surface area (Å²) in [5, 5.41) is 57.6. The zero-order valence-electron chi connectivity index (χ0n) is 24.6. The first kappa shape index (κ1) is 34.1. The molecule has 4 aliphatic rings. The highest BCUT2D eigenvalue weighted by Gasteiger charge is 2.52. The minimum Gasteiger partial charge on any atom is -0.390 e. The molecule has 4 heterocycles. The number of phosphoric acid groups is 1. The van der Waals surface area contributed by atoms with Gasteiger partial charge in [0, 0.05) is 24.2 Å². The van der Waals surface area contributed by atoms with E-state index in [2.05, 4.69) is 36.9 Å². The molecule has 0 bridgehead atoms. The lowest BCUT2D eigenvalue weighted by atomic mass is 9.95. The number of anilines is 1. The van der Waals surface area contributed by atoms with Gasteiger partial charge in [-0.25, -0.2) is 9.56 Å². The van der Waals surface area contributed by atoms with Gasteiger partial charge in [-0.05, 0) is 31.5 Å². The lowest BCUT2D eigenvalue weighted by Crippen LogP contribution is -2.71. The number of amides is 1. The summed E-state index contributed by atoms with van der Waals surface area (Å²) < 4.78 is 25.6. The summed E-state index contributed by atoms with van der Waals surface area (Å²) in [5.41, 5.74) is 7.40. The maximum atomic E-state index is 12.8. The van der Waals surface area contributed by atoms with Crippen molar-refractivity contribution in [2.45, 2.75) is 93.6 Å². The third-order valence-corrected chi connectivity index (χ3v) is 9.12. The largest absolute Gasteiger partial charge is 0.469 e. The lowest BCUT2D eigenvalue weighted by Gasteiger charge is -2.44. The number of amidine groups is 1. The molecule has 0 spiro atoms. The van der Waals surface area contributed by atoms with Gasteiger partial charge in [-0.2, -0.15) is 0 Å². The number of hydrogen-bond donors (Lipinski definition) is 10. The van der Waals surface area contributed by atoms with Crippen molar-refractivity contribution < 1.29 is 58.7 Å². The van der Waals surface area contributed by atoms with Crippen molar-refractivity contribution in [3.05, 3.63) is 29.8 Å². The Morgan fingerprint density at radius 3 is 2.47 bits per heavy atom. The molecule has 19 heteroatoms. The summed E-state index contributed by atoms with van der Waals surface area (Å²) >= 11 is 0. The maximum Gasteiger partial charge on any atom is 0.469 e. The van der Waals surface area contributed by atoms with Crippen molar-refractivity contribution in [3.63, 3.8) is 0 Å². The molecule has 3 unspecified atom stereocenters. The molecule has 5 rings (SSSR count). The highest BCUT2D eigenvalue weighted by atomic mass is 31.2. The second-order valence-corrected chi connectivity index (χ2v) is 13.0. The van der Waals surface area contributed by atoms with Crippen molar-refractivity contribution >= 4 is 25.3 Å². The minimum atomic E-state index is -4.84. The van der Waals surface area contributed by atoms with Gasteiger partial charge in [0.05, 0.1) is 32.0 Å². The van der Waals surface area contributed by atoms with Crippen molar-refractivity contribution in [1.29, 1.82) is 0 Å². The highest BCUT2D eigenvalue weighted by Crippen LogP contribution is 2.37. The Labute approximate surface area is 258 Å². The quantitative estimate of drug-likeness (QED) is 0.101. The summed E-state index contributed by atoms with van der Waals surface area (Å²) in [6, 6.07) is 6.86. The van der Waals surface area contributed by atoms with Crippen LogP contribution in [0.15, 0.2) is 29.3 Å². The fourth-order valence-corrected chi connectivity index (χ4v) is 6.72.